The molecule has 150 valence electrons. The topological polar surface area (TPSA) is 85.5 Å². The third-order valence-corrected chi connectivity index (χ3v) is 7.08. The lowest BCUT2D eigenvalue weighted by Crippen LogP contribution is -2.51. The van der Waals surface area contributed by atoms with Crippen LogP contribution >= 0.6 is 11.3 Å². The third kappa shape index (κ3) is 4.20. The number of thiazole rings is 1. The lowest BCUT2D eigenvalue weighted by Gasteiger charge is -2.39. The minimum absolute atomic E-state index is 0.0380. The number of ether oxygens (including phenoxy) is 1. The van der Waals surface area contributed by atoms with Crippen LogP contribution in [0.3, 0.4) is 0 Å². The number of fused-ring (bicyclic) bond motifs is 1. The summed E-state index contributed by atoms with van der Waals surface area (Å²) < 4.78 is 6.59. The van der Waals surface area contributed by atoms with Gasteiger partial charge in [0, 0.05) is 19.4 Å². The maximum absolute atomic E-state index is 13.1. The zero-order valence-corrected chi connectivity index (χ0v) is 16.9. The molecule has 1 atom stereocenters. The molecule has 0 spiro atoms. The zero-order chi connectivity index (χ0) is 19.6. The molecule has 2 aromatic rings. The standard InChI is InChI=1S/C21H27N3O3S/c22-20(26)16-14-24(10-11-27-16)19(25)13-21(8-4-1-5-9-21)12-18-23-15-6-2-3-7-17(15)28-18/h2-3,6-7,16H,1,4-5,8-14H2,(H2,22,26). The maximum Gasteiger partial charge on any atom is 0.248 e. The molecular weight excluding hydrogens is 374 g/mol. The van der Waals surface area contributed by atoms with Gasteiger partial charge in [-0.25, -0.2) is 4.98 Å². The second-order valence-electron chi connectivity index (χ2n) is 8.09. The summed E-state index contributed by atoms with van der Waals surface area (Å²) in [6.07, 6.45) is 6.32. The van der Waals surface area contributed by atoms with Crippen LogP contribution in [-0.4, -0.2) is 47.5 Å². The smallest absolute Gasteiger partial charge is 0.248 e. The number of hydrogen-bond acceptors (Lipinski definition) is 5. The Kier molecular flexibility index (Phi) is 5.64. The Labute approximate surface area is 169 Å². The van der Waals surface area contributed by atoms with E-state index in [1.807, 2.05) is 18.2 Å². The first-order valence-corrected chi connectivity index (χ1v) is 10.9. The van der Waals surface area contributed by atoms with Gasteiger partial charge in [0.15, 0.2) is 6.10 Å². The van der Waals surface area contributed by atoms with Crippen molar-refractivity contribution in [2.45, 2.75) is 51.0 Å². The van der Waals surface area contributed by atoms with Crippen molar-refractivity contribution in [1.29, 1.82) is 0 Å². The highest BCUT2D eigenvalue weighted by Gasteiger charge is 2.38. The minimum atomic E-state index is -0.690. The highest BCUT2D eigenvalue weighted by molar-refractivity contribution is 7.18. The summed E-state index contributed by atoms with van der Waals surface area (Å²) in [6, 6.07) is 8.20. The number of amides is 2. The first-order valence-electron chi connectivity index (χ1n) is 10.1. The van der Waals surface area contributed by atoms with Crippen LogP contribution in [0.25, 0.3) is 10.2 Å². The Morgan fingerprint density at radius 2 is 2.04 bits per heavy atom. The Balaban J connectivity index is 1.50. The highest BCUT2D eigenvalue weighted by Crippen LogP contribution is 2.43. The predicted octanol–water partition coefficient (Wildman–Crippen LogP) is 2.89. The summed E-state index contributed by atoms with van der Waals surface area (Å²) in [5.41, 5.74) is 6.37. The summed E-state index contributed by atoms with van der Waals surface area (Å²) in [4.78, 5) is 31.1. The molecule has 1 saturated carbocycles. The van der Waals surface area contributed by atoms with Gasteiger partial charge in [-0.15, -0.1) is 11.3 Å². The summed E-state index contributed by atoms with van der Waals surface area (Å²) in [6.45, 7) is 1.16. The van der Waals surface area contributed by atoms with Crippen LogP contribution in [-0.2, 0) is 20.7 Å². The molecule has 2 heterocycles. The maximum atomic E-state index is 13.1. The van der Waals surface area contributed by atoms with E-state index in [0.717, 1.165) is 42.6 Å². The second kappa shape index (κ2) is 8.17. The molecule has 1 unspecified atom stereocenters. The molecule has 1 aliphatic heterocycles. The van der Waals surface area contributed by atoms with Crippen molar-refractivity contribution in [3.63, 3.8) is 0 Å². The molecule has 1 aromatic carbocycles. The second-order valence-corrected chi connectivity index (χ2v) is 9.21. The SMILES string of the molecule is NC(=O)C1CN(C(=O)CC2(Cc3nc4ccccc4s3)CCCCC2)CCO1. The van der Waals surface area contributed by atoms with Crippen molar-refractivity contribution in [2.75, 3.05) is 19.7 Å². The Morgan fingerprint density at radius 1 is 1.25 bits per heavy atom. The number of para-hydroxylation sites is 1. The molecule has 1 saturated heterocycles. The summed E-state index contributed by atoms with van der Waals surface area (Å²) in [5.74, 6) is -0.392. The quantitative estimate of drug-likeness (QED) is 0.835. The number of morpholine rings is 1. The van der Waals surface area contributed by atoms with Crippen molar-refractivity contribution < 1.29 is 14.3 Å². The van der Waals surface area contributed by atoms with Crippen LogP contribution in [0.1, 0.15) is 43.5 Å². The van der Waals surface area contributed by atoms with E-state index in [0.29, 0.717) is 19.6 Å². The van der Waals surface area contributed by atoms with Gasteiger partial charge in [-0.1, -0.05) is 31.4 Å². The van der Waals surface area contributed by atoms with Crippen LogP contribution in [0.4, 0.5) is 0 Å². The van der Waals surface area contributed by atoms with Crippen LogP contribution in [0.2, 0.25) is 0 Å². The lowest BCUT2D eigenvalue weighted by molar-refractivity contribution is -0.147. The monoisotopic (exact) mass is 401 g/mol. The van der Waals surface area contributed by atoms with Gasteiger partial charge in [0.1, 0.15) is 0 Å². The number of carbonyl (C=O) groups is 2. The Hall–Kier alpha value is -1.99. The van der Waals surface area contributed by atoms with Crippen molar-refractivity contribution in [3.05, 3.63) is 29.3 Å². The molecule has 0 bridgehead atoms. The summed E-state index contributed by atoms with van der Waals surface area (Å²) in [7, 11) is 0. The fourth-order valence-electron chi connectivity index (χ4n) is 4.51. The highest BCUT2D eigenvalue weighted by atomic mass is 32.1. The molecule has 28 heavy (non-hydrogen) atoms. The number of benzene rings is 1. The molecule has 1 aromatic heterocycles. The first kappa shape index (κ1) is 19.3. The average molecular weight is 402 g/mol. The van der Waals surface area contributed by atoms with Gasteiger partial charge in [-0.3, -0.25) is 9.59 Å². The van der Waals surface area contributed by atoms with Crippen LogP contribution in [0, 0.1) is 5.41 Å². The van der Waals surface area contributed by atoms with E-state index in [1.54, 1.807) is 16.2 Å². The summed E-state index contributed by atoms with van der Waals surface area (Å²) in [5, 5.41) is 1.12. The molecule has 4 rings (SSSR count). The van der Waals surface area contributed by atoms with Crippen molar-refractivity contribution >= 4 is 33.4 Å². The molecule has 7 heteroatoms. The van der Waals surface area contributed by atoms with Gasteiger partial charge in [0.25, 0.3) is 0 Å². The number of carbonyl (C=O) groups excluding carboxylic acids is 2. The molecular formula is C21H27N3O3S. The van der Waals surface area contributed by atoms with Crippen LogP contribution in [0.5, 0.6) is 0 Å². The largest absolute Gasteiger partial charge is 0.367 e. The Morgan fingerprint density at radius 3 is 2.79 bits per heavy atom. The number of nitrogens with zero attached hydrogens (tertiary/aromatic N) is 2. The van der Waals surface area contributed by atoms with E-state index in [9.17, 15) is 9.59 Å². The van der Waals surface area contributed by atoms with E-state index in [4.69, 9.17) is 15.5 Å². The minimum Gasteiger partial charge on any atom is -0.367 e. The van der Waals surface area contributed by atoms with Gasteiger partial charge in [0.05, 0.1) is 28.4 Å². The first-order chi connectivity index (χ1) is 13.5. The molecule has 0 radical (unpaired) electrons. The number of primary amides is 1. The normalized spacial score (nSPS) is 22.3. The van der Waals surface area contributed by atoms with E-state index < -0.39 is 12.0 Å². The number of rotatable bonds is 5. The lowest BCUT2D eigenvalue weighted by atomic mass is 9.69. The average Bonchev–Trinajstić information content (AvgIpc) is 3.10. The van der Waals surface area contributed by atoms with Gasteiger partial charge >= 0.3 is 0 Å². The van der Waals surface area contributed by atoms with Gasteiger partial charge in [-0.2, -0.15) is 0 Å². The number of nitrogens with two attached hydrogens (primary N) is 1. The molecule has 2 aliphatic rings. The van der Waals surface area contributed by atoms with Crippen molar-refractivity contribution in [2.24, 2.45) is 11.1 Å². The van der Waals surface area contributed by atoms with E-state index in [-0.39, 0.29) is 17.9 Å². The summed E-state index contributed by atoms with van der Waals surface area (Å²) >= 11 is 1.74. The van der Waals surface area contributed by atoms with E-state index in [1.165, 1.54) is 11.1 Å². The van der Waals surface area contributed by atoms with E-state index in [2.05, 4.69) is 6.07 Å². The predicted molar refractivity (Wildman–Crippen MR) is 109 cm³/mol. The number of hydrogen-bond donors (Lipinski definition) is 1. The molecule has 2 N–H and O–H groups in total. The molecule has 2 fully saturated rings. The third-order valence-electron chi connectivity index (χ3n) is 6.04. The number of aromatic nitrogens is 1. The van der Waals surface area contributed by atoms with Gasteiger partial charge < -0.3 is 15.4 Å². The Bertz CT molecular complexity index is 826. The molecule has 6 nitrogen and oxygen atoms in total. The van der Waals surface area contributed by atoms with Crippen LogP contribution in [0.15, 0.2) is 24.3 Å². The van der Waals surface area contributed by atoms with Gasteiger partial charge in [0.2, 0.25) is 11.8 Å². The molecule has 2 amide bonds. The van der Waals surface area contributed by atoms with Crippen molar-refractivity contribution in [1.82, 2.24) is 9.88 Å². The zero-order valence-electron chi connectivity index (χ0n) is 16.1. The van der Waals surface area contributed by atoms with Crippen LogP contribution < -0.4 is 5.73 Å². The molecule has 1 aliphatic carbocycles. The fraction of sp³-hybridized carbons (Fsp3) is 0.571. The fourth-order valence-corrected chi connectivity index (χ4v) is 5.66. The van der Waals surface area contributed by atoms with Gasteiger partial charge in [-0.05, 0) is 30.4 Å². The van der Waals surface area contributed by atoms with E-state index >= 15 is 0 Å². The van der Waals surface area contributed by atoms with Crippen molar-refractivity contribution in [3.8, 4) is 0 Å².